The molecule has 0 radical (unpaired) electrons. The number of aromatic hydroxyl groups is 1. The second-order valence-corrected chi connectivity index (χ2v) is 3.87. The molecule has 0 aromatic carbocycles. The lowest BCUT2D eigenvalue weighted by Gasteiger charge is -2.06. The summed E-state index contributed by atoms with van der Waals surface area (Å²) < 4.78 is 10.1. The Labute approximate surface area is 104 Å². The SMILES string of the molecule is C=CCNC(=O)OCCCOc1cscc1O. The highest BCUT2D eigenvalue weighted by Gasteiger charge is 2.03. The molecule has 1 aromatic rings. The Bertz CT molecular complexity index is 364. The van der Waals surface area contributed by atoms with Gasteiger partial charge in [-0.3, -0.25) is 0 Å². The van der Waals surface area contributed by atoms with E-state index in [2.05, 4.69) is 11.9 Å². The normalized spacial score (nSPS) is 9.65. The van der Waals surface area contributed by atoms with E-state index in [0.29, 0.717) is 25.3 Å². The van der Waals surface area contributed by atoms with Crippen LogP contribution in [0.1, 0.15) is 6.42 Å². The van der Waals surface area contributed by atoms with E-state index in [1.54, 1.807) is 16.8 Å². The summed E-state index contributed by atoms with van der Waals surface area (Å²) in [7, 11) is 0. The molecule has 0 saturated carbocycles. The molecule has 0 aliphatic carbocycles. The number of ether oxygens (including phenoxy) is 2. The Morgan fingerprint density at radius 2 is 2.35 bits per heavy atom. The summed E-state index contributed by atoms with van der Waals surface area (Å²) in [5.74, 6) is 0.603. The zero-order chi connectivity index (χ0) is 12.5. The minimum atomic E-state index is -0.469. The molecule has 1 amide bonds. The van der Waals surface area contributed by atoms with Crippen molar-refractivity contribution >= 4 is 17.4 Å². The van der Waals surface area contributed by atoms with Gasteiger partial charge in [-0.1, -0.05) is 6.08 Å². The van der Waals surface area contributed by atoms with Gasteiger partial charge >= 0.3 is 6.09 Å². The number of hydrogen-bond donors (Lipinski definition) is 2. The molecule has 0 spiro atoms. The van der Waals surface area contributed by atoms with Gasteiger partial charge in [0.1, 0.15) is 0 Å². The van der Waals surface area contributed by atoms with Gasteiger partial charge < -0.3 is 19.9 Å². The predicted octanol–water partition coefficient (Wildman–Crippen LogP) is 2.13. The third kappa shape index (κ3) is 5.26. The monoisotopic (exact) mass is 257 g/mol. The van der Waals surface area contributed by atoms with Gasteiger partial charge in [0.2, 0.25) is 0 Å². The van der Waals surface area contributed by atoms with Crippen LogP contribution in [-0.2, 0) is 4.74 Å². The van der Waals surface area contributed by atoms with Gasteiger partial charge in [-0.25, -0.2) is 4.79 Å². The number of hydrogen-bond acceptors (Lipinski definition) is 5. The summed E-state index contributed by atoms with van der Waals surface area (Å²) in [6, 6.07) is 0. The first kappa shape index (κ1) is 13.4. The average molecular weight is 257 g/mol. The van der Waals surface area contributed by atoms with Crippen molar-refractivity contribution in [3.63, 3.8) is 0 Å². The summed E-state index contributed by atoms with van der Waals surface area (Å²) in [5.41, 5.74) is 0. The lowest BCUT2D eigenvalue weighted by atomic mass is 10.5. The van der Waals surface area contributed by atoms with Gasteiger partial charge in [0, 0.05) is 23.7 Å². The quantitative estimate of drug-likeness (QED) is 0.580. The first-order valence-corrected chi connectivity index (χ1v) is 6.07. The van der Waals surface area contributed by atoms with Crippen molar-refractivity contribution in [3.8, 4) is 11.5 Å². The molecule has 1 aromatic heterocycles. The summed E-state index contributed by atoms with van der Waals surface area (Å²) in [4.78, 5) is 11.0. The summed E-state index contributed by atoms with van der Waals surface area (Å²) in [6.45, 7) is 4.51. The van der Waals surface area contributed by atoms with Crippen LogP contribution in [-0.4, -0.2) is 31.0 Å². The van der Waals surface area contributed by atoms with E-state index in [4.69, 9.17) is 9.47 Å². The van der Waals surface area contributed by atoms with Crippen molar-refractivity contribution < 1.29 is 19.4 Å². The Morgan fingerprint density at radius 1 is 1.53 bits per heavy atom. The van der Waals surface area contributed by atoms with Gasteiger partial charge in [0.25, 0.3) is 0 Å². The lowest BCUT2D eigenvalue weighted by Crippen LogP contribution is -2.24. The zero-order valence-corrected chi connectivity index (χ0v) is 10.2. The largest absolute Gasteiger partial charge is 0.504 e. The second kappa shape index (κ2) is 7.56. The number of rotatable bonds is 7. The van der Waals surface area contributed by atoms with E-state index in [0.717, 1.165) is 0 Å². The van der Waals surface area contributed by atoms with Gasteiger partial charge in [-0.15, -0.1) is 17.9 Å². The van der Waals surface area contributed by atoms with Crippen LogP contribution in [0.15, 0.2) is 23.4 Å². The van der Waals surface area contributed by atoms with Crippen LogP contribution in [0.2, 0.25) is 0 Å². The second-order valence-electron chi connectivity index (χ2n) is 3.13. The maximum atomic E-state index is 11.0. The first-order valence-electron chi connectivity index (χ1n) is 5.13. The molecule has 0 aliphatic heterocycles. The van der Waals surface area contributed by atoms with Crippen LogP contribution < -0.4 is 10.1 Å². The molecule has 6 heteroatoms. The highest BCUT2D eigenvalue weighted by molar-refractivity contribution is 7.08. The molecule has 0 bridgehead atoms. The lowest BCUT2D eigenvalue weighted by molar-refractivity contribution is 0.138. The Kier molecular flexibility index (Phi) is 5.95. The van der Waals surface area contributed by atoms with Crippen molar-refractivity contribution in [2.24, 2.45) is 0 Å². The van der Waals surface area contributed by atoms with E-state index in [-0.39, 0.29) is 12.4 Å². The molecule has 1 heterocycles. The highest BCUT2D eigenvalue weighted by atomic mass is 32.1. The fraction of sp³-hybridized carbons (Fsp3) is 0.364. The molecular weight excluding hydrogens is 242 g/mol. The molecule has 94 valence electrons. The number of thiophene rings is 1. The zero-order valence-electron chi connectivity index (χ0n) is 9.35. The van der Waals surface area contributed by atoms with Crippen LogP contribution in [0.5, 0.6) is 11.5 Å². The Hall–Kier alpha value is -1.69. The number of carbonyl (C=O) groups excluding carboxylic acids is 1. The van der Waals surface area contributed by atoms with E-state index < -0.39 is 6.09 Å². The third-order valence-electron chi connectivity index (χ3n) is 1.78. The van der Waals surface area contributed by atoms with Gasteiger partial charge in [0.15, 0.2) is 11.5 Å². The molecule has 0 saturated heterocycles. The topological polar surface area (TPSA) is 67.8 Å². The maximum Gasteiger partial charge on any atom is 0.407 e. The maximum absolute atomic E-state index is 11.0. The first-order chi connectivity index (χ1) is 8.24. The average Bonchev–Trinajstić information content (AvgIpc) is 2.72. The molecule has 1 rings (SSSR count). The molecule has 17 heavy (non-hydrogen) atoms. The van der Waals surface area contributed by atoms with Crippen LogP contribution in [0, 0.1) is 0 Å². The minimum absolute atomic E-state index is 0.139. The van der Waals surface area contributed by atoms with Crippen LogP contribution in [0.3, 0.4) is 0 Å². The van der Waals surface area contributed by atoms with E-state index in [1.807, 2.05) is 0 Å². The van der Waals surface area contributed by atoms with Crippen molar-refractivity contribution in [2.75, 3.05) is 19.8 Å². The van der Waals surface area contributed by atoms with E-state index in [9.17, 15) is 9.90 Å². The predicted molar refractivity (Wildman–Crippen MR) is 65.6 cm³/mol. The van der Waals surface area contributed by atoms with Crippen molar-refractivity contribution in [2.45, 2.75) is 6.42 Å². The smallest absolute Gasteiger partial charge is 0.407 e. The minimum Gasteiger partial charge on any atom is -0.504 e. The van der Waals surface area contributed by atoms with E-state index >= 15 is 0 Å². The molecular formula is C11H15NO4S. The van der Waals surface area contributed by atoms with Crippen LogP contribution >= 0.6 is 11.3 Å². The van der Waals surface area contributed by atoms with Crippen molar-refractivity contribution in [3.05, 3.63) is 23.4 Å². The summed E-state index contributed by atoms with van der Waals surface area (Å²) in [5, 5.41) is 15.1. The van der Waals surface area contributed by atoms with E-state index in [1.165, 1.54) is 11.3 Å². The highest BCUT2D eigenvalue weighted by Crippen LogP contribution is 2.29. The molecule has 0 fully saturated rings. The Balaban J connectivity index is 2.03. The molecule has 5 nitrogen and oxygen atoms in total. The number of carbonyl (C=O) groups is 1. The molecule has 0 unspecified atom stereocenters. The molecule has 2 N–H and O–H groups in total. The van der Waals surface area contributed by atoms with Gasteiger partial charge in [0.05, 0.1) is 13.2 Å². The molecule has 0 atom stereocenters. The van der Waals surface area contributed by atoms with Crippen LogP contribution in [0.25, 0.3) is 0 Å². The van der Waals surface area contributed by atoms with Crippen molar-refractivity contribution in [1.29, 1.82) is 0 Å². The number of alkyl carbamates (subject to hydrolysis) is 1. The van der Waals surface area contributed by atoms with Gasteiger partial charge in [-0.2, -0.15) is 0 Å². The summed E-state index contributed by atoms with van der Waals surface area (Å²) >= 11 is 1.36. The van der Waals surface area contributed by atoms with Crippen LogP contribution in [0.4, 0.5) is 4.79 Å². The van der Waals surface area contributed by atoms with Gasteiger partial charge in [-0.05, 0) is 0 Å². The molecule has 0 aliphatic rings. The standard InChI is InChI=1S/C11H15NO4S/c1-2-4-12-11(14)16-6-3-5-15-10-8-17-7-9(10)13/h2,7-8,13H,1,3-6H2,(H,12,14). The number of nitrogens with one attached hydrogen (secondary N) is 1. The number of amides is 1. The fourth-order valence-electron chi connectivity index (χ4n) is 0.999. The third-order valence-corrected chi connectivity index (χ3v) is 2.49. The summed E-state index contributed by atoms with van der Waals surface area (Å²) in [6.07, 6.45) is 1.67. The Morgan fingerprint density at radius 3 is 3.00 bits per heavy atom. The fourth-order valence-corrected chi connectivity index (χ4v) is 1.62. The van der Waals surface area contributed by atoms with Crippen molar-refractivity contribution in [1.82, 2.24) is 5.32 Å².